The van der Waals surface area contributed by atoms with Crippen LogP contribution < -0.4 is 0 Å². The summed E-state index contributed by atoms with van der Waals surface area (Å²) in [4.78, 5) is 12.1. The fourth-order valence-electron chi connectivity index (χ4n) is 1.71. The monoisotopic (exact) mass is 254 g/mol. The first-order valence-corrected chi connectivity index (χ1v) is 7.46. The number of Topliss-reactive ketones (excluding diaryl/α,β-unsaturated/α-hetero) is 1. The second kappa shape index (κ2) is 5.45. The largest absolute Gasteiger partial charge is 0.293 e. The van der Waals surface area contributed by atoms with Crippen molar-refractivity contribution in [2.45, 2.75) is 32.4 Å². The number of carbonyl (C=O) groups excluding carboxylic acids is 1. The molecule has 3 nitrogen and oxygen atoms in total. The van der Waals surface area contributed by atoms with Gasteiger partial charge in [-0.1, -0.05) is 43.7 Å². The quantitative estimate of drug-likeness (QED) is 0.758. The second-order valence-electron chi connectivity index (χ2n) is 4.08. The van der Waals surface area contributed by atoms with Crippen LogP contribution in [0.2, 0.25) is 0 Å². The molecule has 0 bridgehead atoms. The summed E-state index contributed by atoms with van der Waals surface area (Å²) in [6, 6.07) is 7.01. The van der Waals surface area contributed by atoms with E-state index in [1.807, 2.05) is 19.1 Å². The zero-order valence-electron chi connectivity index (χ0n) is 10.4. The van der Waals surface area contributed by atoms with E-state index in [0.29, 0.717) is 12.0 Å². The van der Waals surface area contributed by atoms with E-state index in [1.54, 1.807) is 26.0 Å². The Morgan fingerprint density at radius 3 is 2.12 bits per heavy atom. The number of ketones is 1. The van der Waals surface area contributed by atoms with Gasteiger partial charge in [0.15, 0.2) is 15.6 Å². The molecule has 94 valence electrons. The van der Waals surface area contributed by atoms with Crippen molar-refractivity contribution in [1.29, 1.82) is 0 Å². The highest BCUT2D eigenvalue weighted by Gasteiger charge is 2.29. The third kappa shape index (κ3) is 3.16. The van der Waals surface area contributed by atoms with Crippen molar-refractivity contribution in [3.05, 3.63) is 35.4 Å². The summed E-state index contributed by atoms with van der Waals surface area (Å²) in [5.41, 5.74) is 1.52. The van der Waals surface area contributed by atoms with Gasteiger partial charge in [-0.3, -0.25) is 4.79 Å². The molecule has 0 N–H and O–H groups in total. The van der Waals surface area contributed by atoms with Crippen LogP contribution >= 0.6 is 0 Å². The molecule has 0 radical (unpaired) electrons. The Morgan fingerprint density at radius 1 is 1.18 bits per heavy atom. The average Bonchev–Trinajstić information content (AvgIpc) is 2.30. The number of aryl methyl sites for hydroxylation is 1. The summed E-state index contributed by atoms with van der Waals surface area (Å²) in [5, 5.41) is -0.907. The van der Waals surface area contributed by atoms with Crippen LogP contribution in [0.15, 0.2) is 24.3 Å². The fourth-order valence-corrected chi connectivity index (χ4v) is 3.08. The number of hydrogen-bond donors (Lipinski definition) is 0. The van der Waals surface area contributed by atoms with Gasteiger partial charge in [-0.25, -0.2) is 8.42 Å². The molecule has 1 aromatic rings. The fraction of sp³-hybridized carbons (Fsp3) is 0.462. The Hall–Kier alpha value is -1.16. The van der Waals surface area contributed by atoms with Crippen molar-refractivity contribution in [1.82, 2.24) is 0 Å². The van der Waals surface area contributed by atoms with Gasteiger partial charge in [0, 0.05) is 11.3 Å². The van der Waals surface area contributed by atoms with E-state index in [9.17, 15) is 13.2 Å². The van der Waals surface area contributed by atoms with Gasteiger partial charge in [0.1, 0.15) is 5.25 Å². The Morgan fingerprint density at radius 2 is 1.71 bits per heavy atom. The van der Waals surface area contributed by atoms with Gasteiger partial charge in [0.05, 0.1) is 0 Å². The Labute approximate surface area is 103 Å². The van der Waals surface area contributed by atoms with Crippen molar-refractivity contribution >= 4 is 15.6 Å². The molecule has 0 fully saturated rings. The highest BCUT2D eigenvalue weighted by molar-refractivity contribution is 7.92. The summed E-state index contributed by atoms with van der Waals surface area (Å²) in [5.74, 6) is -0.294. The third-order valence-electron chi connectivity index (χ3n) is 2.84. The molecular formula is C13H18O3S. The van der Waals surface area contributed by atoms with Crippen molar-refractivity contribution < 1.29 is 13.2 Å². The van der Waals surface area contributed by atoms with Crippen LogP contribution in [0.1, 0.15) is 36.2 Å². The first-order chi connectivity index (χ1) is 7.92. The van der Waals surface area contributed by atoms with Crippen LogP contribution in [0.4, 0.5) is 0 Å². The number of rotatable bonds is 5. The van der Waals surface area contributed by atoms with Gasteiger partial charge in [-0.15, -0.1) is 0 Å². The molecule has 0 aromatic heterocycles. The van der Waals surface area contributed by atoms with Gasteiger partial charge in [-0.2, -0.15) is 0 Å². The van der Waals surface area contributed by atoms with Gasteiger partial charge in [-0.05, 0) is 13.3 Å². The molecule has 4 heteroatoms. The number of benzene rings is 1. The maximum Gasteiger partial charge on any atom is 0.180 e. The Balaban J connectivity index is 3.07. The molecule has 17 heavy (non-hydrogen) atoms. The predicted octanol–water partition coefficient (Wildman–Crippen LogP) is 2.39. The number of sulfone groups is 1. The molecule has 1 atom stereocenters. The summed E-state index contributed by atoms with van der Waals surface area (Å²) in [6.07, 6.45) is 0.322. The van der Waals surface area contributed by atoms with Crippen molar-refractivity contribution in [3.63, 3.8) is 0 Å². The minimum atomic E-state index is -3.32. The van der Waals surface area contributed by atoms with Crippen LogP contribution in [0.3, 0.4) is 0 Å². The molecule has 0 heterocycles. The van der Waals surface area contributed by atoms with Crippen LogP contribution in [-0.2, 0) is 9.84 Å². The minimum absolute atomic E-state index is 0.00308. The summed E-state index contributed by atoms with van der Waals surface area (Å²) < 4.78 is 23.6. The highest BCUT2D eigenvalue weighted by atomic mass is 32.2. The van der Waals surface area contributed by atoms with E-state index in [1.165, 1.54) is 0 Å². The number of carbonyl (C=O) groups is 1. The number of hydrogen-bond acceptors (Lipinski definition) is 3. The first kappa shape index (κ1) is 13.9. The van der Waals surface area contributed by atoms with E-state index in [2.05, 4.69) is 0 Å². The molecule has 0 spiro atoms. The minimum Gasteiger partial charge on any atom is -0.293 e. The van der Waals surface area contributed by atoms with Gasteiger partial charge in [0.2, 0.25) is 0 Å². The Bertz CT molecular complexity index is 486. The lowest BCUT2D eigenvalue weighted by atomic mass is 10.1. The van der Waals surface area contributed by atoms with E-state index in [4.69, 9.17) is 0 Å². The van der Waals surface area contributed by atoms with E-state index >= 15 is 0 Å². The molecule has 0 aliphatic heterocycles. The van der Waals surface area contributed by atoms with Gasteiger partial charge < -0.3 is 0 Å². The molecule has 0 aliphatic carbocycles. The molecule has 1 rings (SSSR count). The third-order valence-corrected chi connectivity index (χ3v) is 5.05. The normalized spacial score (nSPS) is 13.4. The average molecular weight is 254 g/mol. The van der Waals surface area contributed by atoms with Crippen LogP contribution in [0.5, 0.6) is 0 Å². The Kier molecular flexibility index (Phi) is 4.46. The van der Waals surface area contributed by atoms with Crippen LogP contribution in [0.25, 0.3) is 0 Å². The summed E-state index contributed by atoms with van der Waals surface area (Å²) >= 11 is 0. The maximum atomic E-state index is 12.1. The van der Waals surface area contributed by atoms with Crippen molar-refractivity contribution in [3.8, 4) is 0 Å². The highest BCUT2D eigenvalue weighted by Crippen LogP contribution is 2.15. The standard InChI is InChI=1S/C13H18O3S/c1-4-12(17(15,16)5-2)13(14)11-8-6-10(3)7-9-11/h6-9,12H,4-5H2,1-3H3. The smallest absolute Gasteiger partial charge is 0.180 e. The molecule has 1 unspecified atom stereocenters. The van der Waals surface area contributed by atoms with Crippen LogP contribution in [-0.4, -0.2) is 25.2 Å². The first-order valence-electron chi connectivity index (χ1n) is 5.74. The predicted molar refractivity (Wildman–Crippen MR) is 69.0 cm³/mol. The van der Waals surface area contributed by atoms with Gasteiger partial charge in [0.25, 0.3) is 0 Å². The molecular weight excluding hydrogens is 236 g/mol. The second-order valence-corrected chi connectivity index (χ2v) is 6.55. The summed E-state index contributed by atoms with van der Waals surface area (Å²) in [7, 11) is -3.32. The van der Waals surface area contributed by atoms with Crippen LogP contribution in [0, 0.1) is 6.92 Å². The molecule has 0 amide bonds. The van der Waals surface area contributed by atoms with E-state index in [-0.39, 0.29) is 11.5 Å². The molecule has 1 aromatic carbocycles. The topological polar surface area (TPSA) is 51.2 Å². The van der Waals surface area contributed by atoms with Gasteiger partial charge >= 0.3 is 0 Å². The SMILES string of the molecule is CCC(C(=O)c1ccc(C)cc1)S(=O)(=O)CC. The molecule has 0 aliphatic rings. The lowest BCUT2D eigenvalue weighted by Crippen LogP contribution is -2.31. The van der Waals surface area contributed by atoms with E-state index < -0.39 is 15.1 Å². The van der Waals surface area contributed by atoms with Crippen molar-refractivity contribution in [2.24, 2.45) is 0 Å². The van der Waals surface area contributed by atoms with E-state index in [0.717, 1.165) is 5.56 Å². The summed E-state index contributed by atoms with van der Waals surface area (Å²) in [6.45, 7) is 5.22. The lowest BCUT2D eigenvalue weighted by molar-refractivity contribution is 0.0985. The molecule has 0 saturated heterocycles. The maximum absolute atomic E-state index is 12.1. The lowest BCUT2D eigenvalue weighted by Gasteiger charge is -2.13. The zero-order valence-corrected chi connectivity index (χ0v) is 11.3. The molecule has 0 saturated carbocycles. The van der Waals surface area contributed by atoms with Crippen molar-refractivity contribution in [2.75, 3.05) is 5.75 Å². The zero-order chi connectivity index (χ0) is 13.1.